The molecule has 2 aliphatic rings. The molecular weight excluding hydrogens is 416 g/mol. The Hall–Kier alpha value is -2.70. The minimum atomic E-state index is -0.858. The van der Waals surface area contributed by atoms with Crippen molar-refractivity contribution in [3.63, 3.8) is 0 Å². The number of carboxylic acid groups (broad SMARTS) is 1. The SMILES string of the molecule is CN(C)C1(c2ccccc2)CCC(CC(=O)c2cccc(O[C@@H]3CN[C@H](C(=O)O)C3)c2)CC1. The highest BCUT2D eigenvalue weighted by atomic mass is 16.5. The molecule has 1 saturated heterocycles. The summed E-state index contributed by atoms with van der Waals surface area (Å²) >= 11 is 0. The normalized spacial score (nSPS) is 27.4. The highest BCUT2D eigenvalue weighted by Crippen LogP contribution is 2.44. The van der Waals surface area contributed by atoms with Crippen LogP contribution in [0.2, 0.25) is 0 Å². The number of nitrogens with zero attached hydrogens (tertiary/aromatic N) is 1. The van der Waals surface area contributed by atoms with Crippen LogP contribution >= 0.6 is 0 Å². The van der Waals surface area contributed by atoms with Gasteiger partial charge in [0.2, 0.25) is 0 Å². The van der Waals surface area contributed by atoms with Crippen LogP contribution in [0.1, 0.15) is 54.4 Å². The van der Waals surface area contributed by atoms with Crippen LogP contribution in [0.25, 0.3) is 0 Å². The Kier molecular flexibility index (Phi) is 7.15. The highest BCUT2D eigenvalue weighted by molar-refractivity contribution is 5.96. The van der Waals surface area contributed by atoms with E-state index in [1.165, 1.54) is 5.56 Å². The number of Topliss-reactive ketones (excluding diaryl/α,β-unsaturated/α-hetero) is 1. The predicted molar refractivity (Wildman–Crippen MR) is 128 cm³/mol. The maximum absolute atomic E-state index is 13.1. The predicted octanol–water partition coefficient (Wildman–Crippen LogP) is 4.10. The molecule has 1 saturated carbocycles. The van der Waals surface area contributed by atoms with Gasteiger partial charge in [0.1, 0.15) is 17.9 Å². The topological polar surface area (TPSA) is 78.9 Å². The van der Waals surface area contributed by atoms with E-state index in [1.807, 2.05) is 18.2 Å². The number of hydrogen-bond donors (Lipinski definition) is 2. The van der Waals surface area contributed by atoms with Gasteiger partial charge in [-0.3, -0.25) is 14.5 Å². The molecule has 2 aromatic rings. The molecular formula is C27H34N2O4. The summed E-state index contributed by atoms with van der Waals surface area (Å²) in [5, 5.41) is 12.1. The Labute approximate surface area is 195 Å². The lowest BCUT2D eigenvalue weighted by Crippen LogP contribution is -2.44. The van der Waals surface area contributed by atoms with Crippen molar-refractivity contribution in [1.82, 2.24) is 10.2 Å². The number of carboxylic acids is 1. The largest absolute Gasteiger partial charge is 0.489 e. The lowest BCUT2D eigenvalue weighted by atomic mass is 9.70. The number of ether oxygens (including phenoxy) is 1. The number of carbonyl (C=O) groups excluding carboxylic acids is 1. The fourth-order valence-corrected chi connectivity index (χ4v) is 5.40. The van der Waals surface area contributed by atoms with Gasteiger partial charge in [0.15, 0.2) is 5.78 Å². The summed E-state index contributed by atoms with van der Waals surface area (Å²) in [5.74, 6) is 0.297. The zero-order valence-corrected chi connectivity index (χ0v) is 19.5. The van der Waals surface area contributed by atoms with E-state index in [0.717, 1.165) is 25.7 Å². The van der Waals surface area contributed by atoms with E-state index in [1.54, 1.807) is 6.07 Å². The summed E-state index contributed by atoms with van der Waals surface area (Å²) in [5.41, 5.74) is 2.06. The van der Waals surface area contributed by atoms with Crippen LogP contribution in [0.15, 0.2) is 54.6 Å². The molecule has 0 amide bonds. The molecule has 6 heteroatoms. The summed E-state index contributed by atoms with van der Waals surface area (Å²) in [6.07, 6.45) is 4.92. The van der Waals surface area contributed by atoms with Crippen molar-refractivity contribution in [3.8, 4) is 5.75 Å². The maximum Gasteiger partial charge on any atom is 0.320 e. The van der Waals surface area contributed by atoms with Crippen LogP contribution in [0.5, 0.6) is 5.75 Å². The Morgan fingerprint density at radius 1 is 1.09 bits per heavy atom. The van der Waals surface area contributed by atoms with Crippen LogP contribution in [0.4, 0.5) is 0 Å². The van der Waals surface area contributed by atoms with Gasteiger partial charge >= 0.3 is 5.97 Å². The smallest absolute Gasteiger partial charge is 0.320 e. The number of ketones is 1. The Bertz CT molecular complexity index is 967. The lowest BCUT2D eigenvalue weighted by Gasteiger charge is -2.45. The van der Waals surface area contributed by atoms with Crippen molar-refractivity contribution < 1.29 is 19.4 Å². The third-order valence-electron chi connectivity index (χ3n) is 7.42. The standard InChI is InChI=1S/C27H34N2O4/c1-29(2)27(21-8-4-3-5-9-21)13-11-19(12-14-27)15-25(30)20-7-6-10-22(16-20)33-23-17-24(26(31)32)28-18-23/h3-10,16,19,23-24,28H,11-15,17-18H2,1-2H3,(H,31,32)/t19?,23-,24-,27?/m0/s1. The van der Waals surface area contributed by atoms with E-state index in [9.17, 15) is 9.59 Å². The van der Waals surface area contributed by atoms with Crippen molar-refractivity contribution >= 4 is 11.8 Å². The van der Waals surface area contributed by atoms with E-state index < -0.39 is 12.0 Å². The summed E-state index contributed by atoms with van der Waals surface area (Å²) in [4.78, 5) is 26.5. The molecule has 33 heavy (non-hydrogen) atoms. The van der Waals surface area contributed by atoms with Crippen LogP contribution in [-0.4, -0.2) is 54.5 Å². The van der Waals surface area contributed by atoms with Crippen molar-refractivity contribution in [2.24, 2.45) is 5.92 Å². The number of benzene rings is 2. The first-order valence-electron chi connectivity index (χ1n) is 11.9. The minimum absolute atomic E-state index is 0.0394. The molecule has 2 N–H and O–H groups in total. The van der Waals surface area contributed by atoms with E-state index >= 15 is 0 Å². The Morgan fingerprint density at radius 3 is 2.45 bits per heavy atom. The van der Waals surface area contributed by atoms with Gasteiger partial charge in [0.25, 0.3) is 0 Å². The van der Waals surface area contributed by atoms with Gasteiger partial charge in [-0.1, -0.05) is 42.5 Å². The zero-order chi connectivity index (χ0) is 23.4. The number of aliphatic carboxylic acids is 1. The quantitative estimate of drug-likeness (QED) is 0.590. The molecule has 2 atom stereocenters. The molecule has 0 aromatic heterocycles. The maximum atomic E-state index is 13.1. The fourth-order valence-electron chi connectivity index (χ4n) is 5.40. The summed E-state index contributed by atoms with van der Waals surface area (Å²) < 4.78 is 5.96. The van der Waals surface area contributed by atoms with Gasteiger partial charge < -0.3 is 15.2 Å². The van der Waals surface area contributed by atoms with Crippen LogP contribution in [-0.2, 0) is 10.3 Å². The van der Waals surface area contributed by atoms with Gasteiger partial charge in [-0.25, -0.2) is 0 Å². The minimum Gasteiger partial charge on any atom is -0.489 e. The molecule has 0 bridgehead atoms. The summed E-state index contributed by atoms with van der Waals surface area (Å²) in [6, 6.07) is 17.4. The average Bonchev–Trinajstić information content (AvgIpc) is 3.29. The molecule has 176 valence electrons. The van der Waals surface area contributed by atoms with Crippen LogP contribution < -0.4 is 10.1 Å². The van der Waals surface area contributed by atoms with Crippen molar-refractivity contribution in [1.29, 1.82) is 0 Å². The number of hydrogen-bond acceptors (Lipinski definition) is 5. The molecule has 0 radical (unpaired) electrons. The first-order chi connectivity index (χ1) is 15.9. The molecule has 0 unspecified atom stereocenters. The second kappa shape index (κ2) is 10.1. The third-order valence-corrected chi connectivity index (χ3v) is 7.42. The molecule has 6 nitrogen and oxygen atoms in total. The first kappa shape index (κ1) is 23.5. The fraction of sp³-hybridized carbons (Fsp3) is 0.481. The lowest BCUT2D eigenvalue weighted by molar-refractivity contribution is -0.139. The number of nitrogens with one attached hydrogen (secondary N) is 1. The van der Waals surface area contributed by atoms with Gasteiger partial charge in [-0.2, -0.15) is 0 Å². The Morgan fingerprint density at radius 2 is 1.82 bits per heavy atom. The highest BCUT2D eigenvalue weighted by Gasteiger charge is 2.39. The van der Waals surface area contributed by atoms with Crippen molar-refractivity contribution in [2.75, 3.05) is 20.6 Å². The molecule has 2 aromatic carbocycles. The second-order valence-corrected chi connectivity index (χ2v) is 9.67. The third kappa shape index (κ3) is 5.28. The zero-order valence-electron chi connectivity index (χ0n) is 19.5. The molecule has 1 heterocycles. The second-order valence-electron chi connectivity index (χ2n) is 9.67. The van der Waals surface area contributed by atoms with Gasteiger partial charge in [0.05, 0.1) is 0 Å². The van der Waals surface area contributed by atoms with Crippen molar-refractivity contribution in [3.05, 3.63) is 65.7 Å². The van der Waals surface area contributed by atoms with Gasteiger partial charge in [0, 0.05) is 30.5 Å². The van der Waals surface area contributed by atoms with Gasteiger partial charge in [-0.05, 0) is 63.4 Å². The summed E-state index contributed by atoms with van der Waals surface area (Å²) in [6.45, 7) is 0.492. The number of rotatable bonds is 8. The molecule has 2 fully saturated rings. The average molecular weight is 451 g/mol. The number of carbonyl (C=O) groups is 2. The molecule has 1 aliphatic heterocycles. The van der Waals surface area contributed by atoms with E-state index in [0.29, 0.717) is 36.6 Å². The molecule has 4 rings (SSSR count). The van der Waals surface area contributed by atoms with Crippen LogP contribution in [0.3, 0.4) is 0 Å². The van der Waals surface area contributed by atoms with Crippen LogP contribution in [0, 0.1) is 5.92 Å². The van der Waals surface area contributed by atoms with Crippen molar-refractivity contribution in [2.45, 2.75) is 56.2 Å². The Balaban J connectivity index is 1.35. The first-order valence-corrected chi connectivity index (χ1v) is 11.9. The van der Waals surface area contributed by atoms with E-state index in [4.69, 9.17) is 9.84 Å². The van der Waals surface area contributed by atoms with E-state index in [2.05, 4.69) is 54.6 Å². The summed E-state index contributed by atoms with van der Waals surface area (Å²) in [7, 11) is 4.31. The van der Waals surface area contributed by atoms with Gasteiger partial charge in [-0.15, -0.1) is 0 Å². The monoisotopic (exact) mass is 450 g/mol. The van der Waals surface area contributed by atoms with E-state index in [-0.39, 0.29) is 17.4 Å². The molecule has 0 spiro atoms. The molecule has 1 aliphatic carbocycles.